The fraction of sp³-hybridized carbons (Fsp3) is 0.353. The molecule has 1 aromatic carbocycles. The molecule has 0 radical (unpaired) electrons. The van der Waals surface area contributed by atoms with Gasteiger partial charge in [0.1, 0.15) is 11.4 Å². The first-order valence-corrected chi connectivity index (χ1v) is 8.03. The summed E-state index contributed by atoms with van der Waals surface area (Å²) < 4.78 is 1.58. The highest BCUT2D eigenvalue weighted by Crippen LogP contribution is 2.23. The fourth-order valence-electron chi connectivity index (χ4n) is 2.42. The van der Waals surface area contributed by atoms with Crippen LogP contribution in [0.2, 0.25) is 0 Å². The first-order valence-electron chi connectivity index (χ1n) is 8.03. The van der Waals surface area contributed by atoms with Gasteiger partial charge in [0, 0.05) is 43.1 Å². The second-order valence-electron chi connectivity index (χ2n) is 5.15. The molecular formula is C17H23N5O2. The molecule has 7 heteroatoms. The van der Waals surface area contributed by atoms with Gasteiger partial charge in [-0.05, 0) is 39.0 Å². The summed E-state index contributed by atoms with van der Waals surface area (Å²) in [5.74, 6) is -0.221. The van der Waals surface area contributed by atoms with Crippen LogP contribution in [0.3, 0.4) is 0 Å². The molecule has 2 rings (SSSR count). The summed E-state index contributed by atoms with van der Waals surface area (Å²) in [5, 5.41) is 18.1. The number of benzene rings is 1. The predicted molar refractivity (Wildman–Crippen MR) is 94.6 cm³/mol. The molecule has 0 saturated carbocycles. The summed E-state index contributed by atoms with van der Waals surface area (Å²) in [4.78, 5) is 14.2. The van der Waals surface area contributed by atoms with E-state index in [-0.39, 0.29) is 11.7 Å². The van der Waals surface area contributed by atoms with Crippen molar-refractivity contribution in [3.63, 3.8) is 0 Å². The number of amides is 1. The molecule has 0 bridgehead atoms. The largest absolute Gasteiger partial charge is 0.507 e. The van der Waals surface area contributed by atoms with E-state index in [0.29, 0.717) is 17.8 Å². The zero-order valence-electron chi connectivity index (χ0n) is 14.2. The monoisotopic (exact) mass is 329 g/mol. The molecule has 1 aromatic heterocycles. The number of aromatic nitrogens is 2. The molecule has 7 nitrogen and oxygen atoms in total. The van der Waals surface area contributed by atoms with Crippen molar-refractivity contribution < 1.29 is 9.90 Å². The summed E-state index contributed by atoms with van der Waals surface area (Å²) in [6.07, 6.45) is 2.99. The number of anilines is 1. The van der Waals surface area contributed by atoms with Gasteiger partial charge in [0.05, 0.1) is 6.21 Å². The Morgan fingerprint density at radius 3 is 2.71 bits per heavy atom. The van der Waals surface area contributed by atoms with Gasteiger partial charge in [-0.15, -0.1) is 0 Å². The molecule has 1 amide bonds. The second-order valence-corrected chi connectivity index (χ2v) is 5.15. The molecule has 128 valence electrons. The van der Waals surface area contributed by atoms with Crippen molar-refractivity contribution in [2.45, 2.75) is 27.3 Å². The molecule has 0 spiro atoms. The van der Waals surface area contributed by atoms with Crippen LogP contribution in [0.25, 0.3) is 0 Å². The minimum atomic E-state index is -0.343. The third kappa shape index (κ3) is 3.92. The standard InChI is InChI=1S/C17H23N5O2/c1-4-21(5-2)14-8-7-13(16(23)11-14)12-18-20-17(24)15-9-10-19-22(15)6-3/h7-12,23H,4-6H2,1-3H3,(H,20,24)/b18-12-. The highest BCUT2D eigenvalue weighted by atomic mass is 16.3. The van der Waals surface area contributed by atoms with Crippen molar-refractivity contribution in [2.75, 3.05) is 18.0 Å². The van der Waals surface area contributed by atoms with Gasteiger partial charge in [-0.2, -0.15) is 10.2 Å². The molecule has 2 aromatic rings. The van der Waals surface area contributed by atoms with E-state index in [2.05, 4.69) is 34.4 Å². The predicted octanol–water partition coefficient (Wildman–Crippen LogP) is 2.22. The zero-order valence-corrected chi connectivity index (χ0v) is 14.2. The third-order valence-corrected chi connectivity index (χ3v) is 3.76. The van der Waals surface area contributed by atoms with Crippen LogP contribution in [0.1, 0.15) is 36.8 Å². The van der Waals surface area contributed by atoms with Gasteiger partial charge in [-0.3, -0.25) is 9.48 Å². The molecule has 0 unspecified atom stereocenters. The lowest BCUT2D eigenvalue weighted by Crippen LogP contribution is -2.22. The topological polar surface area (TPSA) is 82.8 Å². The Hall–Kier alpha value is -2.83. The molecule has 24 heavy (non-hydrogen) atoms. The number of nitrogens with zero attached hydrogens (tertiary/aromatic N) is 4. The molecular weight excluding hydrogens is 306 g/mol. The van der Waals surface area contributed by atoms with E-state index >= 15 is 0 Å². The van der Waals surface area contributed by atoms with E-state index in [0.717, 1.165) is 18.8 Å². The number of aromatic hydroxyl groups is 1. The highest BCUT2D eigenvalue weighted by Gasteiger charge is 2.10. The van der Waals surface area contributed by atoms with Crippen LogP contribution in [0, 0.1) is 0 Å². The summed E-state index contributed by atoms with van der Waals surface area (Å²) >= 11 is 0. The lowest BCUT2D eigenvalue weighted by Gasteiger charge is -2.21. The van der Waals surface area contributed by atoms with E-state index in [1.165, 1.54) is 6.21 Å². The SMILES string of the molecule is CCN(CC)c1ccc(/C=N\NC(=O)c2ccnn2CC)c(O)c1. The Balaban J connectivity index is 2.05. The number of phenolic OH excluding ortho intramolecular Hbond substituents is 1. The number of phenols is 1. The van der Waals surface area contributed by atoms with Gasteiger partial charge in [0.15, 0.2) is 0 Å². The van der Waals surface area contributed by atoms with Crippen LogP contribution >= 0.6 is 0 Å². The maximum Gasteiger partial charge on any atom is 0.289 e. The van der Waals surface area contributed by atoms with Gasteiger partial charge in [0.25, 0.3) is 5.91 Å². The van der Waals surface area contributed by atoms with Crippen LogP contribution in [-0.4, -0.2) is 40.1 Å². The van der Waals surface area contributed by atoms with Gasteiger partial charge < -0.3 is 10.0 Å². The molecule has 1 heterocycles. The van der Waals surface area contributed by atoms with Crippen LogP contribution in [0.4, 0.5) is 5.69 Å². The van der Waals surface area contributed by atoms with Gasteiger partial charge in [-0.1, -0.05) is 0 Å². The van der Waals surface area contributed by atoms with E-state index in [4.69, 9.17) is 0 Å². The maximum atomic E-state index is 12.0. The Morgan fingerprint density at radius 1 is 1.33 bits per heavy atom. The Morgan fingerprint density at radius 2 is 2.08 bits per heavy atom. The summed E-state index contributed by atoms with van der Waals surface area (Å²) in [7, 11) is 0. The molecule has 0 aliphatic heterocycles. The van der Waals surface area contributed by atoms with Crippen LogP contribution in [0.5, 0.6) is 5.75 Å². The number of carbonyl (C=O) groups excluding carboxylic acids is 1. The number of nitrogens with one attached hydrogen (secondary N) is 1. The summed E-state index contributed by atoms with van der Waals surface area (Å²) in [6, 6.07) is 7.02. The lowest BCUT2D eigenvalue weighted by molar-refractivity contribution is 0.0944. The molecule has 2 N–H and O–H groups in total. The third-order valence-electron chi connectivity index (χ3n) is 3.76. The molecule has 0 aliphatic rings. The first kappa shape index (κ1) is 17.5. The van der Waals surface area contributed by atoms with Crippen molar-refractivity contribution in [3.8, 4) is 5.75 Å². The van der Waals surface area contributed by atoms with Gasteiger partial charge in [0.2, 0.25) is 0 Å². The lowest BCUT2D eigenvalue weighted by atomic mass is 10.2. The zero-order chi connectivity index (χ0) is 17.5. The Labute approximate surface area is 141 Å². The summed E-state index contributed by atoms with van der Waals surface area (Å²) in [6.45, 7) is 8.36. The Kier molecular flexibility index (Phi) is 5.95. The van der Waals surface area contributed by atoms with E-state index in [9.17, 15) is 9.90 Å². The van der Waals surface area contributed by atoms with Crippen LogP contribution < -0.4 is 10.3 Å². The quantitative estimate of drug-likeness (QED) is 0.603. The number of hydrazone groups is 1. The second kappa shape index (κ2) is 8.14. The fourth-order valence-corrected chi connectivity index (χ4v) is 2.42. The normalized spacial score (nSPS) is 11.0. The van der Waals surface area contributed by atoms with Crippen molar-refractivity contribution in [1.29, 1.82) is 0 Å². The summed E-state index contributed by atoms with van der Waals surface area (Å²) in [5.41, 5.74) is 4.37. The van der Waals surface area contributed by atoms with E-state index in [1.54, 1.807) is 29.1 Å². The average molecular weight is 329 g/mol. The number of hydrogen-bond acceptors (Lipinski definition) is 5. The number of rotatable bonds is 7. The molecule has 0 fully saturated rings. The highest BCUT2D eigenvalue weighted by molar-refractivity contribution is 5.93. The van der Waals surface area contributed by atoms with Crippen molar-refractivity contribution in [2.24, 2.45) is 5.10 Å². The van der Waals surface area contributed by atoms with Crippen molar-refractivity contribution in [3.05, 3.63) is 41.7 Å². The molecule has 0 saturated heterocycles. The maximum absolute atomic E-state index is 12.0. The molecule has 0 aliphatic carbocycles. The minimum Gasteiger partial charge on any atom is -0.507 e. The first-order chi connectivity index (χ1) is 11.6. The van der Waals surface area contributed by atoms with Crippen LogP contribution in [0.15, 0.2) is 35.6 Å². The average Bonchev–Trinajstić information content (AvgIpc) is 3.06. The Bertz CT molecular complexity index is 720. The minimum absolute atomic E-state index is 0.121. The van der Waals surface area contributed by atoms with Crippen molar-refractivity contribution in [1.82, 2.24) is 15.2 Å². The van der Waals surface area contributed by atoms with Crippen LogP contribution in [-0.2, 0) is 6.54 Å². The molecule has 0 atom stereocenters. The van der Waals surface area contributed by atoms with Gasteiger partial charge in [-0.25, -0.2) is 5.43 Å². The number of hydrogen-bond donors (Lipinski definition) is 2. The van der Waals surface area contributed by atoms with E-state index < -0.39 is 0 Å². The van der Waals surface area contributed by atoms with Crippen molar-refractivity contribution >= 4 is 17.8 Å². The number of carbonyl (C=O) groups is 1. The van der Waals surface area contributed by atoms with E-state index in [1.807, 2.05) is 13.0 Å². The van der Waals surface area contributed by atoms with Gasteiger partial charge >= 0.3 is 0 Å². The number of aryl methyl sites for hydroxylation is 1. The smallest absolute Gasteiger partial charge is 0.289 e.